The standard InChI is InChI=1S/C18H27N3O4/c1-2-21(11-16(23)14-4-3-5-15(22)10-14)18(25)13-6-8-20(9-7-13)12-17(19)24/h3-5,10,13,16,22-23H,2,6-9,11-12H2,1H3,(H2,19,24). The van der Waals surface area contributed by atoms with Crippen molar-refractivity contribution < 1.29 is 19.8 Å². The quantitative estimate of drug-likeness (QED) is 0.663. The fourth-order valence-corrected chi connectivity index (χ4v) is 3.24. The van der Waals surface area contributed by atoms with Crippen LogP contribution in [0.15, 0.2) is 24.3 Å². The van der Waals surface area contributed by atoms with Gasteiger partial charge in [0.1, 0.15) is 5.75 Å². The molecule has 0 spiro atoms. The van der Waals surface area contributed by atoms with Crippen LogP contribution in [-0.4, -0.2) is 64.6 Å². The van der Waals surface area contributed by atoms with E-state index in [4.69, 9.17) is 5.73 Å². The van der Waals surface area contributed by atoms with Crippen LogP contribution in [0.25, 0.3) is 0 Å². The lowest BCUT2D eigenvalue weighted by atomic mass is 9.95. The molecule has 1 saturated heterocycles. The van der Waals surface area contributed by atoms with Gasteiger partial charge in [-0.2, -0.15) is 0 Å². The lowest BCUT2D eigenvalue weighted by Gasteiger charge is -2.34. The number of nitrogens with zero attached hydrogens (tertiary/aromatic N) is 2. The third-order valence-electron chi connectivity index (χ3n) is 4.66. The highest BCUT2D eigenvalue weighted by Gasteiger charge is 2.29. The first-order chi connectivity index (χ1) is 11.9. The molecule has 7 nitrogen and oxygen atoms in total. The fraction of sp³-hybridized carbons (Fsp3) is 0.556. The minimum atomic E-state index is -0.842. The second-order valence-electron chi connectivity index (χ2n) is 6.50. The summed E-state index contributed by atoms with van der Waals surface area (Å²) in [5.41, 5.74) is 5.79. The highest BCUT2D eigenvalue weighted by atomic mass is 16.3. The van der Waals surface area contributed by atoms with Crippen LogP contribution in [0, 0.1) is 5.92 Å². The number of carbonyl (C=O) groups is 2. The molecule has 2 rings (SSSR count). The summed E-state index contributed by atoms with van der Waals surface area (Å²) >= 11 is 0. The number of phenolic OH excluding ortho intramolecular Hbond substituents is 1. The summed E-state index contributed by atoms with van der Waals surface area (Å²) in [6, 6.07) is 6.44. The van der Waals surface area contributed by atoms with E-state index in [0.29, 0.717) is 38.0 Å². The molecule has 1 aromatic carbocycles. The molecule has 1 aliphatic heterocycles. The number of likely N-dealkylation sites (tertiary alicyclic amines) is 1. The molecule has 0 radical (unpaired) electrons. The van der Waals surface area contributed by atoms with E-state index in [2.05, 4.69) is 0 Å². The minimum Gasteiger partial charge on any atom is -0.508 e. The summed E-state index contributed by atoms with van der Waals surface area (Å²) in [6.45, 7) is 4.17. The number of primary amides is 1. The molecular weight excluding hydrogens is 322 g/mol. The van der Waals surface area contributed by atoms with Gasteiger partial charge in [-0.05, 0) is 50.6 Å². The number of nitrogens with two attached hydrogens (primary N) is 1. The normalized spacial score (nSPS) is 17.2. The lowest BCUT2D eigenvalue weighted by Crippen LogP contribution is -2.45. The third kappa shape index (κ3) is 5.44. The molecule has 2 amide bonds. The van der Waals surface area contributed by atoms with E-state index < -0.39 is 6.10 Å². The highest BCUT2D eigenvalue weighted by Crippen LogP contribution is 2.23. The zero-order valence-corrected chi connectivity index (χ0v) is 14.6. The molecule has 1 heterocycles. The number of carbonyl (C=O) groups excluding carboxylic acids is 2. The number of amides is 2. The van der Waals surface area contributed by atoms with Gasteiger partial charge in [0, 0.05) is 12.5 Å². The maximum absolute atomic E-state index is 12.7. The van der Waals surface area contributed by atoms with Crippen molar-refractivity contribution in [3.05, 3.63) is 29.8 Å². The number of aromatic hydroxyl groups is 1. The van der Waals surface area contributed by atoms with Gasteiger partial charge in [0.25, 0.3) is 0 Å². The maximum atomic E-state index is 12.7. The SMILES string of the molecule is CCN(CC(O)c1cccc(O)c1)C(=O)C1CCN(CC(N)=O)CC1. The summed E-state index contributed by atoms with van der Waals surface area (Å²) in [5.74, 6) is -0.331. The van der Waals surface area contributed by atoms with E-state index in [0.717, 1.165) is 0 Å². The third-order valence-corrected chi connectivity index (χ3v) is 4.66. The molecular formula is C18H27N3O4. The minimum absolute atomic E-state index is 0.0282. The van der Waals surface area contributed by atoms with Crippen LogP contribution in [0.5, 0.6) is 5.75 Å². The number of likely N-dealkylation sites (N-methyl/N-ethyl adjacent to an activating group) is 1. The average Bonchev–Trinajstić information content (AvgIpc) is 2.59. The molecule has 25 heavy (non-hydrogen) atoms. The van der Waals surface area contributed by atoms with Crippen molar-refractivity contribution in [1.29, 1.82) is 0 Å². The first-order valence-corrected chi connectivity index (χ1v) is 8.67. The Balaban J connectivity index is 1.91. The lowest BCUT2D eigenvalue weighted by molar-refractivity contribution is -0.138. The van der Waals surface area contributed by atoms with Gasteiger partial charge in [-0.3, -0.25) is 14.5 Å². The molecule has 1 aromatic rings. The van der Waals surface area contributed by atoms with Gasteiger partial charge < -0.3 is 20.8 Å². The van der Waals surface area contributed by atoms with Gasteiger partial charge in [0.05, 0.1) is 19.2 Å². The first-order valence-electron chi connectivity index (χ1n) is 8.67. The predicted octanol–water partition coefficient (Wildman–Crippen LogP) is 0.471. The molecule has 1 fully saturated rings. The molecule has 1 unspecified atom stereocenters. The molecule has 0 aromatic heterocycles. The second-order valence-corrected chi connectivity index (χ2v) is 6.50. The van der Waals surface area contributed by atoms with E-state index >= 15 is 0 Å². The Labute approximate surface area is 148 Å². The Kier molecular flexibility index (Phi) is 6.78. The van der Waals surface area contributed by atoms with Gasteiger partial charge in [-0.15, -0.1) is 0 Å². The van der Waals surface area contributed by atoms with Crippen LogP contribution in [-0.2, 0) is 9.59 Å². The Morgan fingerprint density at radius 3 is 2.60 bits per heavy atom. The Morgan fingerprint density at radius 1 is 1.36 bits per heavy atom. The number of benzene rings is 1. The van der Waals surface area contributed by atoms with Crippen molar-refractivity contribution in [2.75, 3.05) is 32.7 Å². The zero-order valence-electron chi connectivity index (χ0n) is 14.6. The molecule has 0 saturated carbocycles. The number of piperidine rings is 1. The van der Waals surface area contributed by atoms with Crippen LogP contribution in [0.1, 0.15) is 31.4 Å². The van der Waals surface area contributed by atoms with E-state index in [1.165, 1.54) is 6.07 Å². The Hall–Kier alpha value is -2.12. The molecule has 1 atom stereocenters. The van der Waals surface area contributed by atoms with Crippen molar-refractivity contribution in [2.45, 2.75) is 25.9 Å². The van der Waals surface area contributed by atoms with E-state index in [9.17, 15) is 19.8 Å². The number of aliphatic hydroxyl groups is 1. The van der Waals surface area contributed by atoms with Crippen LogP contribution >= 0.6 is 0 Å². The van der Waals surface area contributed by atoms with Crippen LogP contribution < -0.4 is 5.73 Å². The van der Waals surface area contributed by atoms with Crippen molar-refractivity contribution in [1.82, 2.24) is 9.80 Å². The van der Waals surface area contributed by atoms with E-state index in [1.54, 1.807) is 23.1 Å². The summed E-state index contributed by atoms with van der Waals surface area (Å²) in [7, 11) is 0. The van der Waals surface area contributed by atoms with E-state index in [-0.39, 0.29) is 36.6 Å². The number of rotatable bonds is 7. The summed E-state index contributed by atoms with van der Waals surface area (Å²) in [4.78, 5) is 27.3. The largest absolute Gasteiger partial charge is 0.508 e. The monoisotopic (exact) mass is 349 g/mol. The molecule has 0 bridgehead atoms. The summed E-state index contributed by atoms with van der Waals surface area (Å²) < 4.78 is 0. The molecule has 7 heteroatoms. The van der Waals surface area contributed by atoms with Crippen molar-refractivity contribution >= 4 is 11.8 Å². The number of hydrogen-bond donors (Lipinski definition) is 3. The second kappa shape index (κ2) is 8.82. The number of hydrogen-bond acceptors (Lipinski definition) is 5. The molecule has 138 valence electrons. The Morgan fingerprint density at radius 2 is 2.04 bits per heavy atom. The molecule has 1 aliphatic rings. The van der Waals surface area contributed by atoms with Crippen LogP contribution in [0.3, 0.4) is 0 Å². The smallest absolute Gasteiger partial charge is 0.231 e. The van der Waals surface area contributed by atoms with Crippen molar-refractivity contribution in [2.24, 2.45) is 11.7 Å². The molecule has 4 N–H and O–H groups in total. The number of aliphatic hydroxyl groups excluding tert-OH is 1. The van der Waals surface area contributed by atoms with Gasteiger partial charge in [0.15, 0.2) is 0 Å². The first kappa shape index (κ1) is 19.2. The maximum Gasteiger partial charge on any atom is 0.231 e. The predicted molar refractivity (Wildman–Crippen MR) is 93.7 cm³/mol. The zero-order chi connectivity index (χ0) is 18.4. The Bertz CT molecular complexity index is 600. The van der Waals surface area contributed by atoms with Crippen molar-refractivity contribution in [3.63, 3.8) is 0 Å². The van der Waals surface area contributed by atoms with Crippen LogP contribution in [0.4, 0.5) is 0 Å². The van der Waals surface area contributed by atoms with Gasteiger partial charge in [0.2, 0.25) is 11.8 Å². The van der Waals surface area contributed by atoms with Gasteiger partial charge in [-0.25, -0.2) is 0 Å². The van der Waals surface area contributed by atoms with Crippen molar-refractivity contribution in [3.8, 4) is 5.75 Å². The summed E-state index contributed by atoms with van der Waals surface area (Å²) in [5, 5.41) is 19.9. The fourth-order valence-electron chi connectivity index (χ4n) is 3.24. The topological polar surface area (TPSA) is 107 Å². The van der Waals surface area contributed by atoms with Gasteiger partial charge >= 0.3 is 0 Å². The summed E-state index contributed by atoms with van der Waals surface area (Å²) in [6.07, 6.45) is 0.529. The van der Waals surface area contributed by atoms with E-state index in [1.807, 2.05) is 11.8 Å². The average molecular weight is 349 g/mol. The highest BCUT2D eigenvalue weighted by molar-refractivity contribution is 5.79. The molecule has 0 aliphatic carbocycles. The number of phenols is 1. The van der Waals surface area contributed by atoms with Gasteiger partial charge in [-0.1, -0.05) is 12.1 Å². The van der Waals surface area contributed by atoms with Crippen LogP contribution in [0.2, 0.25) is 0 Å².